The largest absolute Gasteiger partial charge is 0.310 e. The Bertz CT molecular complexity index is 646. The molecule has 1 fully saturated rings. The third-order valence-corrected chi connectivity index (χ3v) is 6.87. The Hall–Kier alpha value is -0.980. The maximum Gasteiger partial charge on any atom is 0.216 e. The Balaban J connectivity index is 1.93. The fraction of sp³-hybridized carbons (Fsp3) is 0.647. The van der Waals surface area contributed by atoms with Crippen molar-refractivity contribution < 1.29 is 12.8 Å². The van der Waals surface area contributed by atoms with Gasteiger partial charge in [0.2, 0.25) is 10.0 Å². The van der Waals surface area contributed by atoms with Crippen molar-refractivity contribution in [3.8, 4) is 0 Å². The molecular formula is C17H27FN2O2S. The lowest BCUT2D eigenvalue weighted by Crippen LogP contribution is -2.51. The highest BCUT2D eigenvalue weighted by molar-refractivity contribution is 7.89. The molecule has 0 bridgehead atoms. The van der Waals surface area contributed by atoms with Crippen molar-refractivity contribution in [1.29, 1.82) is 0 Å². The minimum absolute atomic E-state index is 0.185. The van der Waals surface area contributed by atoms with Crippen molar-refractivity contribution in [2.45, 2.75) is 52.0 Å². The molecule has 0 unspecified atom stereocenters. The van der Waals surface area contributed by atoms with Crippen molar-refractivity contribution >= 4 is 10.0 Å². The fourth-order valence-electron chi connectivity index (χ4n) is 2.94. The number of piperidine rings is 1. The number of sulfonamides is 1. The van der Waals surface area contributed by atoms with E-state index in [4.69, 9.17) is 0 Å². The van der Waals surface area contributed by atoms with Gasteiger partial charge < -0.3 is 5.32 Å². The molecule has 6 heteroatoms. The topological polar surface area (TPSA) is 49.4 Å². The highest BCUT2D eigenvalue weighted by Gasteiger charge is 2.33. The van der Waals surface area contributed by atoms with Crippen molar-refractivity contribution in [2.24, 2.45) is 5.92 Å². The maximum absolute atomic E-state index is 13.6. The van der Waals surface area contributed by atoms with Gasteiger partial charge in [0, 0.05) is 25.7 Å². The number of nitrogens with zero attached hydrogens (tertiary/aromatic N) is 1. The van der Waals surface area contributed by atoms with E-state index < -0.39 is 10.0 Å². The van der Waals surface area contributed by atoms with Gasteiger partial charge >= 0.3 is 0 Å². The van der Waals surface area contributed by atoms with Crippen molar-refractivity contribution in [3.05, 3.63) is 35.1 Å². The van der Waals surface area contributed by atoms with Gasteiger partial charge in [-0.05, 0) is 50.3 Å². The maximum atomic E-state index is 13.6. The molecule has 0 aromatic heterocycles. The molecule has 2 rings (SSSR count). The first-order valence-corrected chi connectivity index (χ1v) is 9.69. The molecule has 2 atom stereocenters. The normalized spacial score (nSPS) is 23.4. The molecule has 1 aliphatic heterocycles. The van der Waals surface area contributed by atoms with Gasteiger partial charge in [-0.1, -0.05) is 19.1 Å². The SMILES string of the molecule is Cc1ccc(CN[C@H]2CCN(S(=O)(=O)C(C)C)C[C@@H]2C)cc1F. The molecule has 0 amide bonds. The monoisotopic (exact) mass is 342 g/mol. The van der Waals surface area contributed by atoms with Gasteiger partial charge in [-0.25, -0.2) is 17.1 Å². The zero-order valence-corrected chi connectivity index (χ0v) is 15.2. The second-order valence-electron chi connectivity index (χ2n) is 6.79. The quantitative estimate of drug-likeness (QED) is 0.895. The van der Waals surface area contributed by atoms with Crippen LogP contribution in [0, 0.1) is 18.7 Å². The van der Waals surface area contributed by atoms with E-state index in [0.717, 1.165) is 12.0 Å². The number of hydrogen-bond acceptors (Lipinski definition) is 3. The van der Waals surface area contributed by atoms with Gasteiger partial charge in [0.25, 0.3) is 0 Å². The van der Waals surface area contributed by atoms with Gasteiger partial charge in [0.1, 0.15) is 5.82 Å². The number of rotatable bonds is 5. The van der Waals surface area contributed by atoms with E-state index in [-0.39, 0.29) is 23.0 Å². The summed E-state index contributed by atoms with van der Waals surface area (Å²) in [6.45, 7) is 8.94. The molecule has 0 saturated carbocycles. The molecule has 1 saturated heterocycles. The molecule has 23 heavy (non-hydrogen) atoms. The van der Waals surface area contributed by atoms with Gasteiger partial charge in [0.15, 0.2) is 0 Å². The molecule has 1 N–H and O–H groups in total. The van der Waals surface area contributed by atoms with E-state index >= 15 is 0 Å². The van der Waals surface area contributed by atoms with Crippen molar-refractivity contribution in [1.82, 2.24) is 9.62 Å². The van der Waals surface area contributed by atoms with Gasteiger partial charge in [-0.2, -0.15) is 0 Å². The second kappa shape index (κ2) is 7.28. The Morgan fingerprint density at radius 3 is 2.65 bits per heavy atom. The predicted octanol–water partition coefficient (Wildman–Crippen LogP) is 2.67. The van der Waals surface area contributed by atoms with Crippen LogP contribution in [0.3, 0.4) is 0 Å². The molecule has 0 aliphatic carbocycles. The van der Waals surface area contributed by atoms with E-state index in [1.807, 2.05) is 6.07 Å². The summed E-state index contributed by atoms with van der Waals surface area (Å²) in [5, 5.41) is 3.07. The summed E-state index contributed by atoms with van der Waals surface area (Å²) in [6.07, 6.45) is 0.779. The molecule has 1 aliphatic rings. The summed E-state index contributed by atoms with van der Waals surface area (Å²) in [4.78, 5) is 0. The van der Waals surface area contributed by atoms with Crippen LogP contribution in [0.4, 0.5) is 4.39 Å². The van der Waals surface area contributed by atoms with Crippen LogP contribution in [0.25, 0.3) is 0 Å². The average molecular weight is 342 g/mol. The van der Waals surface area contributed by atoms with Gasteiger partial charge in [-0.3, -0.25) is 0 Å². The number of hydrogen-bond donors (Lipinski definition) is 1. The van der Waals surface area contributed by atoms with Crippen molar-refractivity contribution in [2.75, 3.05) is 13.1 Å². The van der Waals surface area contributed by atoms with Gasteiger partial charge in [-0.15, -0.1) is 0 Å². The molecule has 4 nitrogen and oxygen atoms in total. The Morgan fingerprint density at radius 1 is 1.39 bits per heavy atom. The first-order chi connectivity index (χ1) is 10.7. The number of benzene rings is 1. The average Bonchev–Trinajstić information content (AvgIpc) is 2.49. The van der Waals surface area contributed by atoms with Crippen LogP contribution in [0.5, 0.6) is 0 Å². The molecular weight excluding hydrogens is 315 g/mol. The molecule has 0 radical (unpaired) electrons. The zero-order chi connectivity index (χ0) is 17.2. The molecule has 1 aromatic carbocycles. The Kier molecular flexibility index (Phi) is 5.81. The predicted molar refractivity (Wildman–Crippen MR) is 91.2 cm³/mol. The minimum atomic E-state index is -3.18. The molecule has 130 valence electrons. The third kappa shape index (κ3) is 4.31. The third-order valence-electron chi connectivity index (χ3n) is 4.63. The van der Waals surface area contributed by atoms with E-state index in [9.17, 15) is 12.8 Å². The smallest absolute Gasteiger partial charge is 0.216 e. The standard InChI is InChI=1S/C17H27FN2O2S/c1-12(2)23(21,22)20-8-7-17(14(4)11-20)19-10-15-6-5-13(3)16(18)9-15/h5-6,9,12,14,17,19H,7-8,10-11H2,1-4H3/t14-,17-/m0/s1. The van der Waals surface area contributed by atoms with Gasteiger partial charge in [0.05, 0.1) is 5.25 Å². The summed E-state index contributed by atoms with van der Waals surface area (Å²) in [5.41, 5.74) is 1.56. The van der Waals surface area contributed by atoms with Crippen LogP contribution in [0.15, 0.2) is 18.2 Å². The van der Waals surface area contributed by atoms with Crippen LogP contribution in [-0.2, 0) is 16.6 Å². The van der Waals surface area contributed by atoms with E-state index in [0.29, 0.717) is 25.2 Å². The summed E-state index contributed by atoms with van der Waals surface area (Å²) >= 11 is 0. The number of aryl methyl sites for hydroxylation is 1. The molecule has 0 spiro atoms. The van der Waals surface area contributed by atoms with E-state index in [1.165, 1.54) is 0 Å². The number of halogens is 1. The summed E-state index contributed by atoms with van der Waals surface area (Å²) in [7, 11) is -3.18. The summed E-state index contributed by atoms with van der Waals surface area (Å²) in [5.74, 6) is 0.0442. The highest BCUT2D eigenvalue weighted by Crippen LogP contribution is 2.22. The van der Waals surface area contributed by atoms with E-state index in [1.54, 1.807) is 37.2 Å². The fourth-order valence-corrected chi connectivity index (χ4v) is 4.33. The van der Waals surface area contributed by atoms with Crippen LogP contribution in [-0.4, -0.2) is 37.1 Å². The second-order valence-corrected chi connectivity index (χ2v) is 9.28. The highest BCUT2D eigenvalue weighted by atomic mass is 32.2. The minimum Gasteiger partial charge on any atom is -0.310 e. The number of nitrogens with one attached hydrogen (secondary N) is 1. The lowest BCUT2D eigenvalue weighted by Gasteiger charge is -2.37. The zero-order valence-electron chi connectivity index (χ0n) is 14.3. The van der Waals surface area contributed by atoms with E-state index in [2.05, 4.69) is 12.2 Å². The molecule has 1 heterocycles. The van der Waals surface area contributed by atoms with Crippen LogP contribution in [0.2, 0.25) is 0 Å². The summed E-state index contributed by atoms with van der Waals surface area (Å²) < 4.78 is 39.7. The van der Waals surface area contributed by atoms with Crippen molar-refractivity contribution in [3.63, 3.8) is 0 Å². The molecule has 1 aromatic rings. The first kappa shape index (κ1) is 18.4. The Morgan fingerprint density at radius 2 is 2.09 bits per heavy atom. The Labute approximate surface area is 139 Å². The summed E-state index contributed by atoms with van der Waals surface area (Å²) in [6, 6.07) is 5.52. The van der Waals surface area contributed by atoms with Crippen LogP contribution >= 0.6 is 0 Å². The first-order valence-electron chi connectivity index (χ1n) is 8.19. The van der Waals surface area contributed by atoms with Crippen LogP contribution in [0.1, 0.15) is 38.3 Å². The lowest BCUT2D eigenvalue weighted by atomic mass is 9.95. The lowest BCUT2D eigenvalue weighted by molar-refractivity contribution is 0.218. The van der Waals surface area contributed by atoms with Crippen LogP contribution < -0.4 is 5.32 Å².